The van der Waals surface area contributed by atoms with Gasteiger partial charge in [-0.1, -0.05) is 57.7 Å². The zero-order valence-electron chi connectivity index (χ0n) is 27.0. The summed E-state index contributed by atoms with van der Waals surface area (Å²) in [5.41, 5.74) is 1.51. The molecule has 5 rings (SSSR count). The average molecular weight is 732 g/mol. The summed E-state index contributed by atoms with van der Waals surface area (Å²) in [6.45, 7) is 4.23. The molecular weight excluding hydrogens is 692 g/mol. The van der Waals surface area contributed by atoms with Crippen LogP contribution in [0.1, 0.15) is 58.6 Å². The smallest absolute Gasteiger partial charge is 0.325 e. The quantitative estimate of drug-likeness (QED) is 0.132. The monoisotopic (exact) mass is 730 g/mol. The van der Waals surface area contributed by atoms with Gasteiger partial charge >= 0.3 is 23.9 Å². The van der Waals surface area contributed by atoms with E-state index in [-0.39, 0.29) is 25.8 Å². The third kappa shape index (κ3) is 10.2. The Balaban J connectivity index is 1.24. The number of anilines is 1. The van der Waals surface area contributed by atoms with Crippen LogP contribution in [-0.4, -0.2) is 86.9 Å². The Labute approximate surface area is 286 Å². The predicted molar refractivity (Wildman–Crippen MR) is 172 cm³/mol. The van der Waals surface area contributed by atoms with E-state index in [0.29, 0.717) is 24.1 Å². The van der Waals surface area contributed by atoms with Crippen molar-refractivity contribution in [2.24, 2.45) is 0 Å². The van der Waals surface area contributed by atoms with Gasteiger partial charge < -0.3 is 33.1 Å². The van der Waals surface area contributed by atoms with E-state index in [0.717, 1.165) is 35.7 Å². The maximum atomic E-state index is 12.0. The second-order valence-electron chi connectivity index (χ2n) is 11.6. The van der Waals surface area contributed by atoms with Gasteiger partial charge in [0.1, 0.15) is 30.6 Å². The van der Waals surface area contributed by atoms with Crippen molar-refractivity contribution in [3.05, 3.63) is 52.8 Å². The van der Waals surface area contributed by atoms with Crippen LogP contribution in [0.2, 0.25) is 0 Å². The van der Waals surface area contributed by atoms with Crippen LogP contribution in [-0.2, 0) is 51.2 Å². The summed E-state index contributed by atoms with van der Waals surface area (Å²) < 4.78 is 35.9. The van der Waals surface area contributed by atoms with Crippen LogP contribution in [0.3, 0.4) is 0 Å². The number of hydrogen-bond acceptors (Lipinski definition) is 14. The van der Waals surface area contributed by atoms with Crippen molar-refractivity contribution in [2.45, 2.75) is 96.6 Å². The maximum Gasteiger partial charge on any atom is 0.325 e. The van der Waals surface area contributed by atoms with E-state index in [1.807, 2.05) is 24.3 Å². The van der Waals surface area contributed by atoms with E-state index in [1.165, 1.54) is 27.2 Å². The molecule has 1 aliphatic carbocycles. The Morgan fingerprint density at radius 3 is 2.62 bits per heavy atom. The molecule has 0 bridgehead atoms. The summed E-state index contributed by atoms with van der Waals surface area (Å²) in [6, 6.07) is 8.34. The second kappa shape index (κ2) is 16.8. The average Bonchev–Trinajstić information content (AvgIpc) is 3.72. The molecule has 3 heterocycles. The van der Waals surface area contributed by atoms with Gasteiger partial charge in [-0.3, -0.25) is 14.4 Å². The molecule has 48 heavy (non-hydrogen) atoms. The number of hydrogen-bond donors (Lipinski definition) is 0. The minimum absolute atomic E-state index is 0.0448. The van der Waals surface area contributed by atoms with E-state index in [9.17, 15) is 14.4 Å². The fourth-order valence-corrected chi connectivity index (χ4v) is 6.02. The highest BCUT2D eigenvalue weighted by atomic mass is 79.9. The van der Waals surface area contributed by atoms with E-state index >= 15 is 0 Å². The lowest BCUT2D eigenvalue weighted by Gasteiger charge is -2.32. The van der Waals surface area contributed by atoms with E-state index in [1.54, 1.807) is 23.0 Å². The first-order chi connectivity index (χ1) is 23.1. The molecule has 1 aliphatic heterocycles. The minimum Gasteiger partial charge on any atom is -0.463 e. The van der Waals surface area contributed by atoms with Crippen LogP contribution in [0.4, 0.5) is 6.01 Å². The lowest BCUT2D eigenvalue weighted by molar-refractivity contribution is -0.205. The third-order valence-corrected chi connectivity index (χ3v) is 8.23. The van der Waals surface area contributed by atoms with Crippen LogP contribution in [0.25, 0.3) is 11.4 Å². The SMILES string of the molecule is CC(=O)OC[C@H]1O[C@H](OC[C@@H](Cn2cc(CN(c3nc(-c4cccc(Br)c4)no3)C3CCCCC3)nn2)OC(C)=O)C=C[C@@H]1OC(C)=O. The van der Waals surface area contributed by atoms with E-state index < -0.39 is 42.5 Å². The topological polar surface area (TPSA) is 170 Å². The van der Waals surface area contributed by atoms with Crippen molar-refractivity contribution in [3.63, 3.8) is 0 Å². The van der Waals surface area contributed by atoms with Gasteiger partial charge in [-0.2, -0.15) is 4.98 Å². The van der Waals surface area contributed by atoms with Gasteiger partial charge in [0.2, 0.25) is 5.82 Å². The van der Waals surface area contributed by atoms with Gasteiger partial charge in [0, 0.05) is 36.8 Å². The zero-order valence-corrected chi connectivity index (χ0v) is 28.6. The summed E-state index contributed by atoms with van der Waals surface area (Å²) in [4.78, 5) is 41.6. The van der Waals surface area contributed by atoms with Gasteiger partial charge in [0.15, 0.2) is 6.29 Å². The lowest BCUT2D eigenvalue weighted by atomic mass is 9.94. The molecule has 1 fully saturated rings. The summed E-state index contributed by atoms with van der Waals surface area (Å²) in [6.07, 6.45) is 7.23. The highest BCUT2D eigenvalue weighted by Gasteiger charge is 2.32. The third-order valence-electron chi connectivity index (χ3n) is 7.73. The summed E-state index contributed by atoms with van der Waals surface area (Å²) in [5, 5.41) is 12.9. The summed E-state index contributed by atoms with van der Waals surface area (Å²) in [7, 11) is 0. The van der Waals surface area contributed by atoms with Gasteiger partial charge in [-0.05, 0) is 37.1 Å². The Kier molecular flexibility index (Phi) is 12.3. The fraction of sp³-hybridized carbons (Fsp3) is 0.531. The van der Waals surface area contributed by atoms with Crippen LogP contribution in [0, 0.1) is 0 Å². The molecule has 0 spiro atoms. The number of aromatic nitrogens is 5. The van der Waals surface area contributed by atoms with Crippen LogP contribution < -0.4 is 4.90 Å². The Bertz CT molecular complexity index is 1570. The lowest BCUT2D eigenvalue weighted by Crippen LogP contribution is -2.43. The molecule has 15 nitrogen and oxygen atoms in total. The number of carbonyl (C=O) groups excluding carboxylic acids is 3. The van der Waals surface area contributed by atoms with Gasteiger partial charge in [-0.25, -0.2) is 4.68 Å². The first-order valence-corrected chi connectivity index (χ1v) is 16.6. The first-order valence-electron chi connectivity index (χ1n) is 15.8. The van der Waals surface area contributed by atoms with E-state index in [4.69, 9.17) is 33.2 Å². The highest BCUT2D eigenvalue weighted by Crippen LogP contribution is 2.30. The summed E-state index contributed by atoms with van der Waals surface area (Å²) in [5.74, 6) is -1.00. The molecule has 258 valence electrons. The highest BCUT2D eigenvalue weighted by molar-refractivity contribution is 9.10. The molecule has 0 radical (unpaired) electrons. The maximum absolute atomic E-state index is 12.0. The number of esters is 3. The molecular formula is C32H39BrN6O9. The fourth-order valence-electron chi connectivity index (χ4n) is 5.62. The van der Waals surface area contributed by atoms with E-state index in [2.05, 4.69) is 36.3 Å². The van der Waals surface area contributed by atoms with Gasteiger partial charge in [0.25, 0.3) is 0 Å². The van der Waals surface area contributed by atoms with Crippen molar-refractivity contribution >= 4 is 39.9 Å². The molecule has 0 amide bonds. The number of carbonyl (C=O) groups is 3. The number of halogens is 1. The number of rotatable bonds is 14. The largest absolute Gasteiger partial charge is 0.463 e. The van der Waals surface area contributed by atoms with Crippen molar-refractivity contribution in [1.82, 2.24) is 25.1 Å². The molecule has 4 atom stereocenters. The molecule has 2 aromatic heterocycles. The zero-order chi connectivity index (χ0) is 34.0. The van der Waals surface area contributed by atoms with Crippen molar-refractivity contribution in [2.75, 3.05) is 18.1 Å². The molecule has 0 N–H and O–H groups in total. The Morgan fingerprint density at radius 2 is 1.90 bits per heavy atom. The minimum atomic E-state index is -0.873. The van der Waals surface area contributed by atoms with Crippen molar-refractivity contribution in [3.8, 4) is 11.4 Å². The normalized spacial score (nSPS) is 20.2. The first kappa shape index (κ1) is 35.2. The second-order valence-corrected chi connectivity index (χ2v) is 12.5. The molecule has 0 unspecified atom stereocenters. The van der Waals surface area contributed by atoms with Crippen LogP contribution in [0.15, 0.2) is 51.6 Å². The molecule has 1 saturated carbocycles. The number of nitrogens with zero attached hydrogens (tertiary/aromatic N) is 6. The van der Waals surface area contributed by atoms with Crippen LogP contribution in [0.5, 0.6) is 0 Å². The molecule has 1 aromatic carbocycles. The van der Waals surface area contributed by atoms with Crippen molar-refractivity contribution < 1.29 is 42.6 Å². The standard InChI is InChI=1S/C32H39BrN6O9/c1-20(40)43-19-29-28(46-22(3)42)12-13-30(47-29)44-18-27(45-21(2)41)17-38-15-25(35-37-38)16-39(26-10-5-4-6-11-26)32-34-31(36-48-32)23-8-7-9-24(33)14-23/h7-9,12-15,26-30H,4-6,10-11,16-19H2,1-3H3/t27-,28+,29-,30+/m1/s1. The number of ether oxygens (including phenoxy) is 5. The van der Waals surface area contributed by atoms with Gasteiger partial charge in [-0.15, -0.1) is 5.10 Å². The molecule has 3 aromatic rings. The molecule has 0 saturated heterocycles. The molecule has 16 heteroatoms. The molecule has 2 aliphatic rings. The number of benzene rings is 1. The Hall–Kier alpha value is -4.15. The van der Waals surface area contributed by atoms with Gasteiger partial charge in [0.05, 0.1) is 25.9 Å². The van der Waals surface area contributed by atoms with Crippen LogP contribution >= 0.6 is 15.9 Å². The summed E-state index contributed by atoms with van der Waals surface area (Å²) >= 11 is 3.50. The van der Waals surface area contributed by atoms with Crippen molar-refractivity contribution in [1.29, 1.82) is 0 Å². The Morgan fingerprint density at radius 1 is 1.08 bits per heavy atom. The predicted octanol–water partition coefficient (Wildman–Crippen LogP) is 4.15.